The number of nitrogens with two attached hydrogens (primary N) is 1. The molecule has 0 aliphatic carbocycles. The average molecular weight is 386 g/mol. The zero-order chi connectivity index (χ0) is 20.5. The highest BCUT2D eigenvalue weighted by Gasteiger charge is 2.18. The summed E-state index contributed by atoms with van der Waals surface area (Å²) in [7, 11) is 1.66. The van der Waals surface area contributed by atoms with E-state index in [1.165, 1.54) is 4.90 Å². The third-order valence-corrected chi connectivity index (χ3v) is 4.62. The lowest BCUT2D eigenvalue weighted by Gasteiger charge is -2.16. The quantitative estimate of drug-likeness (QED) is 0.580. The molecule has 0 atom stereocenters. The van der Waals surface area contributed by atoms with Crippen LogP contribution in [-0.2, 0) is 0 Å². The summed E-state index contributed by atoms with van der Waals surface area (Å²) >= 11 is 0. The minimum absolute atomic E-state index is 0.260. The maximum Gasteiger partial charge on any atom is 0.279 e. The van der Waals surface area contributed by atoms with Crippen LogP contribution in [0.1, 0.15) is 26.4 Å². The molecular formula is C21H18N6O2. The first-order valence-electron chi connectivity index (χ1n) is 8.88. The number of aromatic nitrogens is 4. The highest BCUT2D eigenvalue weighted by molar-refractivity contribution is 6.03. The van der Waals surface area contributed by atoms with Crippen molar-refractivity contribution >= 4 is 23.3 Å². The number of pyridine rings is 1. The molecule has 0 unspecified atom stereocenters. The minimum Gasteiger partial charge on any atom is -0.366 e. The van der Waals surface area contributed by atoms with Crippen molar-refractivity contribution in [2.75, 3.05) is 11.9 Å². The standard InChI is InChI=1S/C21H18N6O2/c1-13-3-8-18(24-9-13)26(2)21(29)16-12-27-17(10-25-19(27)11-23-16)14-4-6-15(7-5-14)20(22)28/h3-12H,1-2H3,(H2,22,28). The Kier molecular flexibility index (Phi) is 4.52. The van der Waals surface area contributed by atoms with Crippen molar-refractivity contribution in [3.05, 3.63) is 78.0 Å². The second-order valence-corrected chi connectivity index (χ2v) is 6.64. The van der Waals surface area contributed by atoms with Gasteiger partial charge in [-0.3, -0.25) is 18.9 Å². The largest absolute Gasteiger partial charge is 0.366 e. The lowest BCUT2D eigenvalue weighted by molar-refractivity contribution is 0.0983. The van der Waals surface area contributed by atoms with Crippen molar-refractivity contribution in [1.82, 2.24) is 19.4 Å². The van der Waals surface area contributed by atoms with Gasteiger partial charge in [-0.2, -0.15) is 0 Å². The van der Waals surface area contributed by atoms with Gasteiger partial charge in [-0.1, -0.05) is 18.2 Å². The van der Waals surface area contributed by atoms with Gasteiger partial charge in [0.1, 0.15) is 11.5 Å². The number of aryl methyl sites for hydroxylation is 1. The Morgan fingerprint density at radius 1 is 0.966 bits per heavy atom. The molecule has 8 heteroatoms. The van der Waals surface area contributed by atoms with Gasteiger partial charge in [-0.15, -0.1) is 0 Å². The molecule has 0 spiro atoms. The first kappa shape index (κ1) is 18.3. The van der Waals surface area contributed by atoms with E-state index in [4.69, 9.17) is 5.73 Å². The summed E-state index contributed by atoms with van der Waals surface area (Å²) in [6.45, 7) is 1.94. The van der Waals surface area contributed by atoms with Crippen LogP contribution in [-0.4, -0.2) is 38.2 Å². The molecule has 0 aliphatic rings. The Balaban J connectivity index is 1.70. The molecule has 4 rings (SSSR count). The van der Waals surface area contributed by atoms with Crippen LogP contribution < -0.4 is 10.6 Å². The number of carbonyl (C=O) groups is 2. The van der Waals surface area contributed by atoms with Crippen molar-refractivity contribution in [3.8, 4) is 11.3 Å². The number of hydrogen-bond donors (Lipinski definition) is 1. The Bertz CT molecular complexity index is 1210. The van der Waals surface area contributed by atoms with E-state index in [-0.39, 0.29) is 11.6 Å². The van der Waals surface area contributed by atoms with Gasteiger partial charge >= 0.3 is 0 Å². The molecule has 0 fully saturated rings. The molecule has 0 saturated heterocycles. The molecule has 2 N–H and O–H groups in total. The zero-order valence-electron chi connectivity index (χ0n) is 15.9. The summed E-state index contributed by atoms with van der Waals surface area (Å²) in [5.41, 5.74) is 9.20. The second kappa shape index (κ2) is 7.16. The monoisotopic (exact) mass is 386 g/mol. The van der Waals surface area contributed by atoms with E-state index in [9.17, 15) is 9.59 Å². The van der Waals surface area contributed by atoms with E-state index in [1.807, 2.05) is 13.0 Å². The fourth-order valence-electron chi connectivity index (χ4n) is 2.95. The molecule has 3 heterocycles. The van der Waals surface area contributed by atoms with E-state index in [1.54, 1.807) is 66.6 Å². The fraction of sp³-hybridized carbons (Fsp3) is 0.0952. The van der Waals surface area contributed by atoms with Crippen LogP contribution in [0.2, 0.25) is 0 Å². The predicted octanol–water partition coefficient (Wildman–Crippen LogP) is 2.48. The van der Waals surface area contributed by atoms with Crippen LogP contribution in [0, 0.1) is 6.92 Å². The van der Waals surface area contributed by atoms with E-state index in [0.29, 0.717) is 17.0 Å². The van der Waals surface area contributed by atoms with Crippen molar-refractivity contribution in [2.24, 2.45) is 5.73 Å². The summed E-state index contributed by atoms with van der Waals surface area (Å²) < 4.78 is 1.79. The van der Waals surface area contributed by atoms with Crippen LogP contribution in [0.5, 0.6) is 0 Å². The smallest absolute Gasteiger partial charge is 0.279 e. The van der Waals surface area contributed by atoms with Gasteiger partial charge in [0.25, 0.3) is 5.91 Å². The molecule has 2 amide bonds. The van der Waals surface area contributed by atoms with Crippen molar-refractivity contribution in [2.45, 2.75) is 6.92 Å². The lowest BCUT2D eigenvalue weighted by Crippen LogP contribution is -2.28. The van der Waals surface area contributed by atoms with E-state index in [2.05, 4.69) is 15.0 Å². The van der Waals surface area contributed by atoms with Gasteiger partial charge in [0.2, 0.25) is 5.91 Å². The number of fused-ring (bicyclic) bond motifs is 1. The molecule has 0 saturated carbocycles. The highest BCUT2D eigenvalue weighted by Crippen LogP contribution is 2.22. The number of primary amides is 1. The first-order chi connectivity index (χ1) is 13.9. The van der Waals surface area contributed by atoms with Crippen LogP contribution in [0.25, 0.3) is 16.9 Å². The molecule has 0 aliphatic heterocycles. The molecule has 29 heavy (non-hydrogen) atoms. The van der Waals surface area contributed by atoms with Crippen LogP contribution in [0.4, 0.5) is 5.82 Å². The summed E-state index contributed by atoms with van der Waals surface area (Å²) in [6, 6.07) is 10.6. The van der Waals surface area contributed by atoms with Crippen LogP contribution in [0.15, 0.2) is 61.2 Å². The Morgan fingerprint density at radius 2 is 1.72 bits per heavy atom. The molecule has 8 nitrogen and oxygen atoms in total. The third kappa shape index (κ3) is 3.43. The Hall–Kier alpha value is -4.07. The normalized spacial score (nSPS) is 10.8. The topological polar surface area (TPSA) is 106 Å². The van der Waals surface area contributed by atoms with E-state index in [0.717, 1.165) is 16.8 Å². The van der Waals surface area contributed by atoms with Crippen LogP contribution in [0.3, 0.4) is 0 Å². The number of anilines is 1. The molecular weight excluding hydrogens is 368 g/mol. The Labute approximate surface area is 166 Å². The number of rotatable bonds is 4. The predicted molar refractivity (Wildman–Crippen MR) is 109 cm³/mol. The van der Waals surface area contributed by atoms with Gasteiger partial charge in [0.05, 0.1) is 18.1 Å². The molecule has 4 aromatic rings. The number of nitrogens with zero attached hydrogens (tertiary/aromatic N) is 5. The number of benzene rings is 1. The molecule has 0 bridgehead atoms. The van der Waals surface area contributed by atoms with Gasteiger partial charge in [-0.25, -0.2) is 15.0 Å². The summed E-state index contributed by atoms with van der Waals surface area (Å²) in [4.78, 5) is 38.5. The van der Waals surface area contributed by atoms with E-state index >= 15 is 0 Å². The van der Waals surface area contributed by atoms with Gasteiger partial charge < -0.3 is 5.73 Å². The Morgan fingerprint density at radius 3 is 2.38 bits per heavy atom. The van der Waals surface area contributed by atoms with Crippen molar-refractivity contribution in [3.63, 3.8) is 0 Å². The maximum atomic E-state index is 12.9. The first-order valence-corrected chi connectivity index (χ1v) is 8.88. The summed E-state index contributed by atoms with van der Waals surface area (Å²) in [5, 5.41) is 0. The molecule has 0 radical (unpaired) electrons. The number of amides is 2. The molecule has 1 aromatic carbocycles. The van der Waals surface area contributed by atoms with Gasteiger partial charge in [0.15, 0.2) is 5.65 Å². The number of imidazole rings is 1. The lowest BCUT2D eigenvalue weighted by atomic mass is 10.1. The zero-order valence-corrected chi connectivity index (χ0v) is 15.9. The summed E-state index contributed by atoms with van der Waals surface area (Å²) in [6.07, 6.45) is 6.59. The molecule has 3 aromatic heterocycles. The second-order valence-electron chi connectivity index (χ2n) is 6.64. The number of hydrogen-bond acceptors (Lipinski definition) is 5. The van der Waals surface area contributed by atoms with Gasteiger partial charge in [-0.05, 0) is 30.7 Å². The summed E-state index contributed by atoms with van der Waals surface area (Å²) in [5.74, 6) is -0.234. The third-order valence-electron chi connectivity index (χ3n) is 4.62. The van der Waals surface area contributed by atoms with Gasteiger partial charge in [0, 0.05) is 30.6 Å². The van der Waals surface area contributed by atoms with E-state index < -0.39 is 5.91 Å². The van der Waals surface area contributed by atoms with Crippen molar-refractivity contribution in [1.29, 1.82) is 0 Å². The van der Waals surface area contributed by atoms with Crippen LogP contribution >= 0.6 is 0 Å². The average Bonchev–Trinajstić information content (AvgIpc) is 3.16. The molecule has 144 valence electrons. The van der Waals surface area contributed by atoms with Crippen molar-refractivity contribution < 1.29 is 9.59 Å². The highest BCUT2D eigenvalue weighted by atomic mass is 16.2. The maximum absolute atomic E-state index is 12.9. The minimum atomic E-state index is -0.487. The SMILES string of the molecule is Cc1ccc(N(C)C(=O)c2cn3c(-c4ccc(C(N)=O)cc4)cnc3cn2)nc1. The fourth-order valence-corrected chi connectivity index (χ4v) is 2.95. The number of carbonyl (C=O) groups excluding carboxylic acids is 2.